The fourth-order valence-electron chi connectivity index (χ4n) is 3.44. The molecule has 2 heteroatoms. The Balaban J connectivity index is 1.74. The van der Waals surface area contributed by atoms with Crippen molar-refractivity contribution >= 4 is 0 Å². The summed E-state index contributed by atoms with van der Waals surface area (Å²) in [4.78, 5) is 2.61. The molecule has 0 spiro atoms. The molecule has 0 bridgehead atoms. The van der Waals surface area contributed by atoms with E-state index >= 15 is 0 Å². The molecule has 2 nitrogen and oxygen atoms in total. The van der Waals surface area contributed by atoms with Crippen LogP contribution in [0.4, 0.5) is 0 Å². The Morgan fingerprint density at radius 3 is 2.44 bits per heavy atom. The molecule has 1 N–H and O–H groups in total. The first-order valence-corrected chi connectivity index (χ1v) is 7.29. The standard InChI is InChI=1S/C14H28N2/c1-3-16-10-9-14(11-12(16)2)15-13-7-5-4-6-8-13/h12-15H,3-11H2,1-2H3. The number of hydrogen-bond acceptors (Lipinski definition) is 2. The Morgan fingerprint density at radius 2 is 1.81 bits per heavy atom. The minimum atomic E-state index is 0.778. The van der Waals surface area contributed by atoms with Crippen LogP contribution in [0.1, 0.15) is 58.8 Å². The summed E-state index contributed by atoms with van der Waals surface area (Å²) in [6.07, 6.45) is 9.90. The van der Waals surface area contributed by atoms with Crippen LogP contribution in [0.5, 0.6) is 0 Å². The molecule has 1 aliphatic heterocycles. The molecular formula is C14H28N2. The van der Waals surface area contributed by atoms with Crippen molar-refractivity contribution in [3.05, 3.63) is 0 Å². The van der Waals surface area contributed by atoms with Crippen molar-refractivity contribution in [2.24, 2.45) is 0 Å². The van der Waals surface area contributed by atoms with Gasteiger partial charge in [0.05, 0.1) is 0 Å². The van der Waals surface area contributed by atoms with E-state index in [1.807, 2.05) is 0 Å². The van der Waals surface area contributed by atoms with Gasteiger partial charge in [0.25, 0.3) is 0 Å². The lowest BCUT2D eigenvalue weighted by Crippen LogP contribution is -2.50. The molecule has 0 radical (unpaired) electrons. The number of piperidine rings is 1. The molecule has 1 saturated heterocycles. The van der Waals surface area contributed by atoms with E-state index < -0.39 is 0 Å². The Labute approximate surface area is 101 Å². The van der Waals surface area contributed by atoms with Gasteiger partial charge in [0.15, 0.2) is 0 Å². The van der Waals surface area contributed by atoms with Gasteiger partial charge in [-0.15, -0.1) is 0 Å². The number of likely N-dealkylation sites (tertiary alicyclic amines) is 1. The summed E-state index contributed by atoms with van der Waals surface area (Å²) in [5.74, 6) is 0. The second-order valence-corrected chi connectivity index (χ2v) is 5.70. The molecular weight excluding hydrogens is 196 g/mol. The minimum Gasteiger partial charge on any atom is -0.311 e. The summed E-state index contributed by atoms with van der Waals surface area (Å²) < 4.78 is 0. The Kier molecular flexibility index (Phi) is 4.66. The summed E-state index contributed by atoms with van der Waals surface area (Å²) >= 11 is 0. The maximum absolute atomic E-state index is 3.91. The van der Waals surface area contributed by atoms with Gasteiger partial charge in [0.1, 0.15) is 0 Å². The molecule has 2 rings (SSSR count). The maximum Gasteiger partial charge on any atom is 0.00966 e. The molecule has 2 aliphatic rings. The highest BCUT2D eigenvalue weighted by molar-refractivity contribution is 4.85. The monoisotopic (exact) mass is 224 g/mol. The van der Waals surface area contributed by atoms with Gasteiger partial charge in [-0.3, -0.25) is 0 Å². The minimum absolute atomic E-state index is 0.778. The van der Waals surface area contributed by atoms with Gasteiger partial charge < -0.3 is 10.2 Å². The van der Waals surface area contributed by atoms with E-state index in [0.29, 0.717) is 0 Å². The van der Waals surface area contributed by atoms with E-state index in [2.05, 4.69) is 24.1 Å². The molecule has 1 heterocycles. The Morgan fingerprint density at radius 1 is 1.06 bits per heavy atom. The van der Waals surface area contributed by atoms with E-state index in [1.165, 1.54) is 58.0 Å². The van der Waals surface area contributed by atoms with Crippen molar-refractivity contribution in [3.63, 3.8) is 0 Å². The first-order valence-electron chi connectivity index (χ1n) is 7.29. The predicted molar refractivity (Wildman–Crippen MR) is 69.7 cm³/mol. The van der Waals surface area contributed by atoms with Crippen LogP contribution in [0.2, 0.25) is 0 Å². The van der Waals surface area contributed by atoms with Gasteiger partial charge in [-0.2, -0.15) is 0 Å². The van der Waals surface area contributed by atoms with Gasteiger partial charge >= 0.3 is 0 Å². The van der Waals surface area contributed by atoms with Crippen LogP contribution in [0.3, 0.4) is 0 Å². The molecule has 1 saturated carbocycles. The van der Waals surface area contributed by atoms with E-state index in [4.69, 9.17) is 0 Å². The topological polar surface area (TPSA) is 15.3 Å². The highest BCUT2D eigenvalue weighted by atomic mass is 15.2. The lowest BCUT2D eigenvalue weighted by atomic mass is 9.92. The third kappa shape index (κ3) is 3.21. The molecule has 16 heavy (non-hydrogen) atoms. The van der Waals surface area contributed by atoms with Crippen molar-refractivity contribution in [2.45, 2.75) is 76.9 Å². The Hall–Kier alpha value is -0.0800. The van der Waals surface area contributed by atoms with Crippen molar-refractivity contribution in [2.75, 3.05) is 13.1 Å². The van der Waals surface area contributed by atoms with Crippen LogP contribution in [-0.4, -0.2) is 36.1 Å². The molecule has 0 amide bonds. The normalized spacial score (nSPS) is 34.1. The molecule has 2 atom stereocenters. The first kappa shape index (κ1) is 12.4. The fourth-order valence-corrected chi connectivity index (χ4v) is 3.44. The van der Waals surface area contributed by atoms with Crippen molar-refractivity contribution in [1.29, 1.82) is 0 Å². The summed E-state index contributed by atoms with van der Waals surface area (Å²) in [5, 5.41) is 3.91. The molecule has 0 aromatic heterocycles. The highest BCUT2D eigenvalue weighted by Gasteiger charge is 2.26. The third-order valence-corrected chi connectivity index (χ3v) is 4.50. The molecule has 1 aliphatic carbocycles. The average molecular weight is 224 g/mol. The van der Waals surface area contributed by atoms with E-state index in [9.17, 15) is 0 Å². The molecule has 2 fully saturated rings. The quantitative estimate of drug-likeness (QED) is 0.793. The molecule has 2 unspecified atom stereocenters. The number of rotatable bonds is 3. The lowest BCUT2D eigenvalue weighted by Gasteiger charge is -2.39. The van der Waals surface area contributed by atoms with Gasteiger partial charge in [-0.1, -0.05) is 26.2 Å². The largest absolute Gasteiger partial charge is 0.311 e. The third-order valence-electron chi connectivity index (χ3n) is 4.50. The van der Waals surface area contributed by atoms with Crippen molar-refractivity contribution < 1.29 is 0 Å². The van der Waals surface area contributed by atoms with Crippen LogP contribution in [-0.2, 0) is 0 Å². The maximum atomic E-state index is 3.91. The van der Waals surface area contributed by atoms with Gasteiger partial charge in [-0.25, -0.2) is 0 Å². The van der Waals surface area contributed by atoms with Gasteiger partial charge in [0.2, 0.25) is 0 Å². The van der Waals surface area contributed by atoms with Crippen LogP contribution in [0.25, 0.3) is 0 Å². The van der Waals surface area contributed by atoms with Crippen molar-refractivity contribution in [1.82, 2.24) is 10.2 Å². The average Bonchev–Trinajstić information content (AvgIpc) is 2.31. The van der Waals surface area contributed by atoms with Crippen LogP contribution < -0.4 is 5.32 Å². The highest BCUT2D eigenvalue weighted by Crippen LogP contribution is 2.22. The van der Waals surface area contributed by atoms with Gasteiger partial charge in [-0.05, 0) is 45.7 Å². The number of nitrogens with one attached hydrogen (secondary N) is 1. The SMILES string of the molecule is CCN1CCC(NC2CCCCC2)CC1C. The zero-order chi connectivity index (χ0) is 11.4. The smallest absolute Gasteiger partial charge is 0.00966 e. The van der Waals surface area contributed by atoms with E-state index in [1.54, 1.807) is 0 Å². The molecule has 0 aromatic rings. The number of nitrogens with zero attached hydrogens (tertiary/aromatic N) is 1. The van der Waals surface area contributed by atoms with E-state index in [-0.39, 0.29) is 0 Å². The summed E-state index contributed by atoms with van der Waals surface area (Å²) in [7, 11) is 0. The summed E-state index contributed by atoms with van der Waals surface area (Å²) in [6.45, 7) is 7.18. The van der Waals surface area contributed by atoms with E-state index in [0.717, 1.165) is 18.1 Å². The van der Waals surface area contributed by atoms with Gasteiger partial charge in [0, 0.05) is 18.1 Å². The van der Waals surface area contributed by atoms with Crippen LogP contribution in [0.15, 0.2) is 0 Å². The zero-order valence-electron chi connectivity index (χ0n) is 11.0. The summed E-state index contributed by atoms with van der Waals surface area (Å²) in [6, 6.07) is 2.40. The Bertz CT molecular complexity index is 199. The van der Waals surface area contributed by atoms with Crippen molar-refractivity contribution in [3.8, 4) is 0 Å². The van der Waals surface area contributed by atoms with Crippen LogP contribution >= 0.6 is 0 Å². The predicted octanol–water partition coefficient (Wildman–Crippen LogP) is 2.78. The second kappa shape index (κ2) is 6.02. The second-order valence-electron chi connectivity index (χ2n) is 5.70. The zero-order valence-corrected chi connectivity index (χ0v) is 11.0. The molecule has 0 aromatic carbocycles. The number of hydrogen-bond donors (Lipinski definition) is 1. The fraction of sp³-hybridized carbons (Fsp3) is 1.00. The molecule has 94 valence electrons. The summed E-state index contributed by atoms with van der Waals surface area (Å²) in [5.41, 5.74) is 0. The van der Waals surface area contributed by atoms with Crippen LogP contribution in [0, 0.1) is 0 Å². The lowest BCUT2D eigenvalue weighted by molar-refractivity contribution is 0.134. The first-order chi connectivity index (χ1) is 7.79.